The van der Waals surface area contributed by atoms with Crippen molar-refractivity contribution < 1.29 is 4.79 Å². The molecule has 4 rings (SSSR count). The first-order chi connectivity index (χ1) is 11.8. The summed E-state index contributed by atoms with van der Waals surface area (Å²) >= 11 is 0. The van der Waals surface area contributed by atoms with Crippen LogP contribution in [0.4, 0.5) is 0 Å². The Morgan fingerprint density at radius 3 is 3.08 bits per heavy atom. The summed E-state index contributed by atoms with van der Waals surface area (Å²) in [6.07, 6.45) is 6.53. The first-order valence-electron chi connectivity index (χ1n) is 8.96. The molecule has 0 spiro atoms. The van der Waals surface area contributed by atoms with Crippen LogP contribution in [-0.4, -0.2) is 33.3 Å². The molecule has 2 aliphatic rings. The average Bonchev–Trinajstić information content (AvgIpc) is 3.25. The van der Waals surface area contributed by atoms with Gasteiger partial charge >= 0.3 is 0 Å². The molecule has 1 aromatic carbocycles. The van der Waals surface area contributed by atoms with Crippen LogP contribution in [-0.2, 0) is 17.8 Å². The quantitative estimate of drug-likeness (QED) is 0.616. The fourth-order valence-electron chi connectivity index (χ4n) is 3.78. The molecule has 1 fully saturated rings. The first-order valence-corrected chi connectivity index (χ1v) is 11.3. The largest absolute Gasteiger partial charge is 0.357 e. The van der Waals surface area contributed by atoms with Crippen molar-refractivity contribution in [3.05, 3.63) is 35.5 Å². The number of nitrogens with one attached hydrogen (secondary N) is 1. The number of fused-ring (bicyclic) bond motifs is 3. The van der Waals surface area contributed by atoms with E-state index in [1.165, 1.54) is 47.2 Å². The maximum absolute atomic E-state index is 12.5. The van der Waals surface area contributed by atoms with Crippen LogP contribution < -0.4 is 0 Å². The van der Waals surface area contributed by atoms with E-state index in [0.29, 0.717) is 12.3 Å². The van der Waals surface area contributed by atoms with Crippen LogP contribution in [0.1, 0.15) is 43.4 Å². The van der Waals surface area contributed by atoms with E-state index < -0.39 is 0 Å². The summed E-state index contributed by atoms with van der Waals surface area (Å²) in [6, 6.07) is 8.46. The van der Waals surface area contributed by atoms with Gasteiger partial charge in [0.2, 0.25) is 5.91 Å². The predicted molar refractivity (Wildman–Crippen MR) is 104 cm³/mol. The van der Waals surface area contributed by atoms with Gasteiger partial charge in [-0.1, -0.05) is 46.2 Å². The molecule has 2 aromatic rings. The molecule has 0 radical (unpaired) electrons. The lowest BCUT2D eigenvalue weighted by Crippen LogP contribution is -2.35. The number of benzene rings is 1. The molecule has 0 saturated carbocycles. The summed E-state index contributed by atoms with van der Waals surface area (Å²) in [5.74, 6) is 1.63. The highest BCUT2D eigenvalue weighted by molar-refractivity contribution is 8.77. The summed E-state index contributed by atoms with van der Waals surface area (Å²) in [7, 11) is 4.04. The SMILES string of the molecule is O=C(CCCC[C@H]1CCSS1)N1CCc2c([nH]c3ccccc23)C1. The van der Waals surface area contributed by atoms with Crippen LogP contribution in [0, 0.1) is 0 Å². The van der Waals surface area contributed by atoms with Gasteiger partial charge in [0.1, 0.15) is 0 Å². The van der Waals surface area contributed by atoms with Gasteiger partial charge in [-0.05, 0) is 37.3 Å². The number of aromatic nitrogens is 1. The lowest BCUT2D eigenvalue weighted by atomic mass is 10.0. The molecule has 2 aliphatic heterocycles. The van der Waals surface area contributed by atoms with Crippen molar-refractivity contribution >= 4 is 38.4 Å². The number of hydrogen-bond donors (Lipinski definition) is 1. The van der Waals surface area contributed by atoms with Crippen molar-refractivity contribution in [1.82, 2.24) is 9.88 Å². The third kappa shape index (κ3) is 3.47. The van der Waals surface area contributed by atoms with Crippen molar-refractivity contribution in [3.8, 4) is 0 Å². The van der Waals surface area contributed by atoms with Crippen molar-refractivity contribution in [2.75, 3.05) is 12.3 Å². The minimum Gasteiger partial charge on any atom is -0.357 e. The van der Waals surface area contributed by atoms with Crippen LogP contribution in [0.3, 0.4) is 0 Å². The number of carbonyl (C=O) groups excluding carboxylic acids is 1. The van der Waals surface area contributed by atoms with Crippen molar-refractivity contribution in [2.24, 2.45) is 0 Å². The van der Waals surface area contributed by atoms with Crippen LogP contribution in [0.15, 0.2) is 24.3 Å². The zero-order valence-corrected chi connectivity index (χ0v) is 15.6. The van der Waals surface area contributed by atoms with Gasteiger partial charge in [-0.15, -0.1) is 0 Å². The molecule has 3 heterocycles. The molecule has 1 amide bonds. The van der Waals surface area contributed by atoms with E-state index in [9.17, 15) is 4.79 Å². The Kier molecular flexibility index (Phi) is 5.09. The highest BCUT2D eigenvalue weighted by Crippen LogP contribution is 2.40. The second kappa shape index (κ2) is 7.44. The van der Waals surface area contributed by atoms with Crippen LogP contribution >= 0.6 is 21.6 Å². The molecule has 0 unspecified atom stereocenters. The van der Waals surface area contributed by atoms with Crippen LogP contribution in [0.25, 0.3) is 10.9 Å². The summed E-state index contributed by atoms with van der Waals surface area (Å²) in [6.45, 7) is 1.61. The van der Waals surface area contributed by atoms with Gasteiger partial charge in [0.05, 0.1) is 6.54 Å². The number of nitrogens with zero attached hydrogens (tertiary/aromatic N) is 1. The average molecular weight is 361 g/mol. The first kappa shape index (κ1) is 16.4. The van der Waals surface area contributed by atoms with Crippen LogP contribution in [0.5, 0.6) is 0 Å². The zero-order valence-electron chi connectivity index (χ0n) is 13.9. The Hall–Kier alpha value is -1.07. The fraction of sp³-hybridized carbons (Fsp3) is 0.526. The third-order valence-corrected chi connectivity index (χ3v) is 8.14. The molecular weight excluding hydrogens is 336 g/mol. The lowest BCUT2D eigenvalue weighted by molar-refractivity contribution is -0.132. The van der Waals surface area contributed by atoms with Gasteiger partial charge in [0.25, 0.3) is 0 Å². The smallest absolute Gasteiger partial charge is 0.222 e. The number of rotatable bonds is 5. The monoisotopic (exact) mass is 360 g/mol. The molecular formula is C19H24N2OS2. The summed E-state index contributed by atoms with van der Waals surface area (Å²) < 4.78 is 0. The highest BCUT2D eigenvalue weighted by Gasteiger charge is 2.23. The molecule has 5 heteroatoms. The molecule has 128 valence electrons. The van der Waals surface area contributed by atoms with E-state index in [4.69, 9.17) is 0 Å². The minimum atomic E-state index is 0.327. The second-order valence-electron chi connectivity index (χ2n) is 6.77. The van der Waals surface area contributed by atoms with Gasteiger partial charge in [-0.3, -0.25) is 4.79 Å². The predicted octanol–water partition coefficient (Wildman–Crippen LogP) is 4.77. The Morgan fingerprint density at radius 1 is 1.29 bits per heavy atom. The number of H-pyrrole nitrogens is 1. The molecule has 1 atom stereocenters. The Labute approximate surface area is 151 Å². The third-order valence-electron chi connectivity index (χ3n) is 5.13. The molecule has 1 N–H and O–H groups in total. The van der Waals surface area contributed by atoms with E-state index in [1.807, 2.05) is 26.5 Å². The molecule has 1 aromatic heterocycles. The Balaban J connectivity index is 1.30. The van der Waals surface area contributed by atoms with Gasteiger partial charge in [-0.25, -0.2) is 0 Å². The molecule has 3 nitrogen and oxygen atoms in total. The molecule has 0 bridgehead atoms. The number of aromatic amines is 1. The standard InChI is InChI=1S/C19H24N2OS2/c22-19(8-4-1-5-14-10-12-23-24-14)21-11-9-16-15-6-2-3-7-17(15)20-18(16)13-21/h2-3,6-7,14,20H,1,4-5,8-13H2/t14-/m0/s1. The minimum absolute atomic E-state index is 0.327. The number of amides is 1. The zero-order chi connectivity index (χ0) is 16.4. The maximum Gasteiger partial charge on any atom is 0.222 e. The summed E-state index contributed by atoms with van der Waals surface area (Å²) in [5, 5.41) is 2.15. The Bertz CT molecular complexity index is 721. The number of hydrogen-bond acceptors (Lipinski definition) is 3. The van der Waals surface area contributed by atoms with Crippen molar-refractivity contribution in [1.29, 1.82) is 0 Å². The lowest BCUT2D eigenvalue weighted by Gasteiger charge is -2.27. The Morgan fingerprint density at radius 2 is 2.21 bits per heavy atom. The number of para-hydroxylation sites is 1. The van der Waals surface area contributed by atoms with E-state index in [1.54, 1.807) is 0 Å². The van der Waals surface area contributed by atoms with Gasteiger partial charge in [0, 0.05) is 40.6 Å². The molecule has 24 heavy (non-hydrogen) atoms. The summed E-state index contributed by atoms with van der Waals surface area (Å²) in [5.41, 5.74) is 3.84. The topological polar surface area (TPSA) is 36.1 Å². The van der Waals surface area contributed by atoms with E-state index in [2.05, 4.69) is 29.2 Å². The van der Waals surface area contributed by atoms with E-state index >= 15 is 0 Å². The highest BCUT2D eigenvalue weighted by atomic mass is 33.1. The fourth-order valence-corrected chi connectivity index (χ4v) is 6.80. The van der Waals surface area contributed by atoms with Gasteiger partial charge in [0.15, 0.2) is 0 Å². The van der Waals surface area contributed by atoms with E-state index in [-0.39, 0.29) is 0 Å². The molecule has 0 aliphatic carbocycles. The second-order valence-corrected chi connectivity index (χ2v) is 9.56. The van der Waals surface area contributed by atoms with Crippen molar-refractivity contribution in [2.45, 2.75) is 50.3 Å². The maximum atomic E-state index is 12.5. The number of unbranched alkanes of at least 4 members (excludes halogenated alkanes) is 1. The van der Waals surface area contributed by atoms with Crippen LogP contribution in [0.2, 0.25) is 0 Å². The van der Waals surface area contributed by atoms with Crippen molar-refractivity contribution in [3.63, 3.8) is 0 Å². The van der Waals surface area contributed by atoms with E-state index in [0.717, 1.165) is 31.2 Å². The number of carbonyl (C=O) groups is 1. The summed E-state index contributed by atoms with van der Waals surface area (Å²) in [4.78, 5) is 18.1. The van der Waals surface area contributed by atoms with Gasteiger partial charge in [-0.2, -0.15) is 0 Å². The van der Waals surface area contributed by atoms with Gasteiger partial charge < -0.3 is 9.88 Å². The normalized spacial score (nSPS) is 20.5. The molecule has 1 saturated heterocycles.